The maximum Gasteiger partial charge on any atom is 0.269 e. The Balaban J connectivity index is 0.000000261. The van der Waals surface area contributed by atoms with Crippen molar-refractivity contribution < 1.29 is 23.9 Å². The Hall–Kier alpha value is -3.99. The number of non-ortho nitro benzene ring substituents is 1. The lowest BCUT2D eigenvalue weighted by molar-refractivity contribution is -0.384. The molecule has 0 saturated heterocycles. The minimum Gasteiger partial charge on any atom is -0.481 e. The van der Waals surface area contributed by atoms with Gasteiger partial charge in [-0.05, 0) is 61.3 Å². The van der Waals surface area contributed by atoms with Crippen molar-refractivity contribution >= 4 is 27.5 Å². The van der Waals surface area contributed by atoms with Crippen molar-refractivity contribution in [2.75, 3.05) is 33.2 Å². The van der Waals surface area contributed by atoms with Crippen LogP contribution in [0, 0.1) is 24.0 Å². The molecule has 12 nitrogen and oxygen atoms in total. The number of hydrogen-bond donors (Lipinski definition) is 1. The molecule has 4 aromatic rings. The lowest BCUT2D eigenvalue weighted by atomic mass is 10.1. The zero-order valence-corrected chi connectivity index (χ0v) is 32.1. The summed E-state index contributed by atoms with van der Waals surface area (Å²) in [5.74, 6) is 1.32. The van der Waals surface area contributed by atoms with Crippen molar-refractivity contribution in [1.29, 1.82) is 0 Å². The van der Waals surface area contributed by atoms with Gasteiger partial charge in [0.15, 0.2) is 0 Å². The number of methoxy groups -OCH3 is 2. The van der Waals surface area contributed by atoms with Gasteiger partial charge in [0.1, 0.15) is 13.5 Å². The first-order chi connectivity index (χ1) is 22.5. The maximum atomic E-state index is 10.8. The van der Waals surface area contributed by atoms with Crippen LogP contribution >= 0.6 is 0 Å². The van der Waals surface area contributed by atoms with Crippen LogP contribution in [0.5, 0.6) is 11.8 Å². The number of hydrogen-bond acceptors (Lipinski definition) is 9. The summed E-state index contributed by atoms with van der Waals surface area (Å²) in [4.78, 5) is 10.4. The molecule has 0 spiro atoms. The van der Waals surface area contributed by atoms with E-state index in [0.717, 1.165) is 63.9 Å². The first-order valence-electron chi connectivity index (χ1n) is 16.0. The first kappa shape index (κ1) is 38.5. The van der Waals surface area contributed by atoms with Gasteiger partial charge in [0.2, 0.25) is 11.8 Å². The second kappa shape index (κ2) is 16.9. The predicted molar refractivity (Wildman–Crippen MR) is 197 cm³/mol. The quantitative estimate of drug-likeness (QED) is 0.0432. The fourth-order valence-corrected chi connectivity index (χ4v) is 6.35. The number of nitro groups is 1. The van der Waals surface area contributed by atoms with Crippen molar-refractivity contribution in [2.24, 2.45) is 0 Å². The molecule has 0 saturated carbocycles. The summed E-state index contributed by atoms with van der Waals surface area (Å²) >= 11 is 0. The molecule has 262 valence electrons. The van der Waals surface area contributed by atoms with Crippen LogP contribution in [0.2, 0.25) is 51.4 Å². The average molecular weight is 697 g/mol. The monoisotopic (exact) mass is 696 g/mol. The lowest BCUT2D eigenvalue weighted by Gasteiger charge is -2.15. The second-order valence-corrected chi connectivity index (χ2v) is 25.3. The number of rotatable bonds is 15. The maximum absolute atomic E-state index is 10.8. The Labute approximate surface area is 286 Å². The van der Waals surface area contributed by atoms with Gasteiger partial charge < -0.3 is 24.7 Å². The number of nitrogen functional groups attached to an aromatic ring is 1. The Morgan fingerprint density at radius 3 is 1.42 bits per heavy atom. The zero-order chi connectivity index (χ0) is 35.6. The number of aryl methyl sites for hydroxylation is 2. The van der Waals surface area contributed by atoms with E-state index in [0.29, 0.717) is 25.9 Å². The summed E-state index contributed by atoms with van der Waals surface area (Å²) in [6.45, 7) is 20.0. The molecule has 0 fully saturated rings. The van der Waals surface area contributed by atoms with Crippen molar-refractivity contribution in [3.63, 3.8) is 0 Å². The standard InChI is InChI=1S/C17H25N3O4Si.C17H27N3O2Si/c1-13-16(14-6-8-15(9-7-14)20(21)22)17(23-2)19(18-13)12-24-10-11-25(3,4)5;1-13-16(14-6-8-15(18)9-7-14)17(21-2)20(19-13)12-22-10-11-23(3,4)5/h6-9H,10-12H2,1-5H3;6-9H,10-12,18H2,1-5H3. The third kappa shape index (κ3) is 11.0. The van der Waals surface area contributed by atoms with Gasteiger partial charge in [-0.1, -0.05) is 51.4 Å². The molecule has 0 aliphatic carbocycles. The topological polar surface area (TPSA) is 142 Å². The van der Waals surface area contributed by atoms with Crippen molar-refractivity contribution in [2.45, 2.75) is 78.7 Å². The number of nitro benzene ring substituents is 1. The molecule has 2 aromatic heterocycles. The Kier molecular flexibility index (Phi) is 13.5. The van der Waals surface area contributed by atoms with Gasteiger partial charge in [0.25, 0.3) is 5.69 Å². The fraction of sp³-hybridized carbons (Fsp3) is 0.471. The number of nitrogens with zero attached hydrogens (tertiary/aromatic N) is 5. The van der Waals surface area contributed by atoms with E-state index >= 15 is 0 Å². The summed E-state index contributed by atoms with van der Waals surface area (Å²) in [5.41, 5.74) is 12.0. The molecule has 4 rings (SSSR count). The van der Waals surface area contributed by atoms with E-state index < -0.39 is 21.1 Å². The van der Waals surface area contributed by atoms with E-state index in [1.165, 1.54) is 12.1 Å². The van der Waals surface area contributed by atoms with Crippen LogP contribution in [-0.2, 0) is 22.9 Å². The van der Waals surface area contributed by atoms with Crippen LogP contribution in [-0.4, -0.2) is 68.1 Å². The zero-order valence-electron chi connectivity index (χ0n) is 30.1. The first-order valence-corrected chi connectivity index (χ1v) is 23.4. The summed E-state index contributed by atoms with van der Waals surface area (Å²) in [6.07, 6.45) is 0. The average Bonchev–Trinajstić information content (AvgIpc) is 3.51. The molecule has 2 N–H and O–H groups in total. The third-order valence-electron chi connectivity index (χ3n) is 7.53. The Morgan fingerprint density at radius 2 is 1.08 bits per heavy atom. The van der Waals surface area contributed by atoms with E-state index in [2.05, 4.69) is 49.5 Å². The van der Waals surface area contributed by atoms with Crippen molar-refractivity contribution in [1.82, 2.24) is 19.6 Å². The summed E-state index contributed by atoms with van der Waals surface area (Å²) in [7, 11) is 1.04. The molecule has 0 amide bonds. The van der Waals surface area contributed by atoms with Crippen LogP contribution in [0.4, 0.5) is 11.4 Å². The lowest BCUT2D eigenvalue weighted by Crippen LogP contribution is -2.22. The van der Waals surface area contributed by atoms with Gasteiger partial charge in [0.05, 0.1) is 41.7 Å². The predicted octanol–water partition coefficient (Wildman–Crippen LogP) is 7.85. The van der Waals surface area contributed by atoms with Gasteiger partial charge in [-0.3, -0.25) is 10.1 Å². The Morgan fingerprint density at radius 1 is 0.708 bits per heavy atom. The molecule has 0 bridgehead atoms. The van der Waals surface area contributed by atoms with Crippen LogP contribution in [0.25, 0.3) is 22.3 Å². The van der Waals surface area contributed by atoms with E-state index in [-0.39, 0.29) is 5.69 Å². The number of anilines is 1. The molecule has 14 heteroatoms. The van der Waals surface area contributed by atoms with E-state index in [9.17, 15) is 10.1 Å². The number of ether oxygens (including phenoxy) is 4. The van der Waals surface area contributed by atoms with E-state index in [4.69, 9.17) is 24.7 Å². The smallest absolute Gasteiger partial charge is 0.269 e. The van der Waals surface area contributed by atoms with Crippen LogP contribution in [0.15, 0.2) is 48.5 Å². The molecule has 0 aliphatic rings. The van der Waals surface area contributed by atoms with Gasteiger partial charge in [-0.15, -0.1) is 0 Å². The number of nitrogens with two attached hydrogens (primary N) is 1. The third-order valence-corrected chi connectivity index (χ3v) is 10.9. The minimum atomic E-state index is -1.13. The fourth-order valence-electron chi connectivity index (χ4n) is 4.83. The van der Waals surface area contributed by atoms with Crippen LogP contribution in [0.3, 0.4) is 0 Å². The second-order valence-electron chi connectivity index (χ2n) is 14.1. The molecular weight excluding hydrogens is 645 g/mol. The Bertz CT molecular complexity index is 1620. The highest BCUT2D eigenvalue weighted by Crippen LogP contribution is 2.35. The molecule has 0 radical (unpaired) electrons. The molecule has 48 heavy (non-hydrogen) atoms. The van der Waals surface area contributed by atoms with Crippen molar-refractivity contribution in [3.05, 3.63) is 70.0 Å². The molecule has 0 atom stereocenters. The van der Waals surface area contributed by atoms with Crippen LogP contribution in [0.1, 0.15) is 11.4 Å². The van der Waals surface area contributed by atoms with Gasteiger partial charge >= 0.3 is 0 Å². The largest absolute Gasteiger partial charge is 0.481 e. The van der Waals surface area contributed by atoms with Crippen LogP contribution < -0.4 is 15.2 Å². The van der Waals surface area contributed by atoms with Gasteiger partial charge in [0, 0.05) is 47.2 Å². The van der Waals surface area contributed by atoms with Gasteiger partial charge in [-0.2, -0.15) is 10.2 Å². The molecular formula is C34H52N6O6Si2. The highest BCUT2D eigenvalue weighted by molar-refractivity contribution is 6.76. The summed E-state index contributed by atoms with van der Waals surface area (Å²) in [6, 6.07) is 16.3. The van der Waals surface area contributed by atoms with E-state index in [1.807, 2.05) is 38.1 Å². The minimum absolute atomic E-state index is 0.0578. The van der Waals surface area contributed by atoms with E-state index in [1.54, 1.807) is 35.7 Å². The number of aromatic nitrogens is 4. The molecule has 0 aliphatic heterocycles. The molecule has 2 aromatic carbocycles. The SMILES string of the molecule is COc1c(-c2ccc(N)cc2)c(C)nn1COCC[Si](C)(C)C.COc1c(-c2ccc([N+](=O)[O-])cc2)c(C)nn1COCC[Si](C)(C)C. The molecule has 2 heterocycles. The highest BCUT2D eigenvalue weighted by Gasteiger charge is 2.20. The highest BCUT2D eigenvalue weighted by atomic mass is 28.3. The molecule has 0 unspecified atom stereocenters. The number of benzene rings is 2. The van der Waals surface area contributed by atoms with Gasteiger partial charge in [-0.25, -0.2) is 9.36 Å². The van der Waals surface area contributed by atoms with Crippen molar-refractivity contribution in [3.8, 4) is 34.0 Å². The summed E-state index contributed by atoms with van der Waals surface area (Å²) in [5, 5.41) is 19.9. The summed E-state index contributed by atoms with van der Waals surface area (Å²) < 4.78 is 26.1. The normalized spacial score (nSPS) is 11.6.